The van der Waals surface area contributed by atoms with Crippen molar-refractivity contribution in [2.75, 3.05) is 0 Å². The van der Waals surface area contributed by atoms with Gasteiger partial charge in [-0.25, -0.2) is 0 Å². The summed E-state index contributed by atoms with van der Waals surface area (Å²) in [6.45, 7) is 4.35. The molecule has 2 rings (SSSR count). The van der Waals surface area contributed by atoms with Crippen molar-refractivity contribution in [1.29, 1.82) is 0 Å². The van der Waals surface area contributed by atoms with Gasteiger partial charge in [0.25, 0.3) is 0 Å². The topological polar surface area (TPSA) is 20.2 Å². The lowest BCUT2D eigenvalue weighted by Gasteiger charge is -2.10. The molecule has 0 aliphatic heterocycles. The van der Waals surface area contributed by atoms with Gasteiger partial charge >= 0.3 is 0 Å². The highest BCUT2D eigenvalue weighted by atomic mass is 16.3. The average molecular weight is 214 g/mol. The molecule has 0 spiro atoms. The molecule has 2 aromatic carbocycles. The second-order valence-electron chi connectivity index (χ2n) is 4.22. The van der Waals surface area contributed by atoms with Crippen molar-refractivity contribution in [3.63, 3.8) is 0 Å². The zero-order valence-corrected chi connectivity index (χ0v) is 9.96. The fourth-order valence-electron chi connectivity index (χ4n) is 2.34. The number of aromatic hydroxyl groups is 1. The van der Waals surface area contributed by atoms with E-state index in [9.17, 15) is 5.11 Å². The van der Waals surface area contributed by atoms with Gasteiger partial charge in [0.15, 0.2) is 0 Å². The number of hydrogen-bond donors (Lipinski definition) is 1. The zero-order chi connectivity index (χ0) is 11.5. The summed E-state index contributed by atoms with van der Waals surface area (Å²) in [5, 5.41) is 12.2. The molecule has 16 heavy (non-hydrogen) atoms. The van der Waals surface area contributed by atoms with Crippen molar-refractivity contribution in [2.45, 2.75) is 33.1 Å². The molecule has 0 aliphatic rings. The Bertz CT molecular complexity index is 500. The van der Waals surface area contributed by atoms with E-state index in [2.05, 4.69) is 32.0 Å². The van der Waals surface area contributed by atoms with Gasteiger partial charge in [0.1, 0.15) is 5.75 Å². The maximum absolute atomic E-state index is 9.70. The van der Waals surface area contributed by atoms with E-state index in [0.29, 0.717) is 5.75 Å². The van der Waals surface area contributed by atoms with E-state index in [1.807, 2.05) is 12.1 Å². The van der Waals surface area contributed by atoms with Crippen LogP contribution in [-0.4, -0.2) is 5.11 Å². The molecule has 0 saturated carbocycles. The Kier molecular flexibility index (Phi) is 3.14. The molecule has 0 heterocycles. The first-order valence-corrected chi connectivity index (χ1v) is 5.99. The number of rotatable bonds is 3. The monoisotopic (exact) mass is 214 g/mol. The van der Waals surface area contributed by atoms with Crippen molar-refractivity contribution < 1.29 is 5.11 Å². The van der Waals surface area contributed by atoms with Crippen molar-refractivity contribution >= 4 is 10.8 Å². The minimum absolute atomic E-state index is 0.379. The van der Waals surface area contributed by atoms with E-state index in [1.165, 1.54) is 16.5 Å². The molecule has 0 fully saturated rings. The molecule has 0 saturated heterocycles. The molecule has 0 radical (unpaired) electrons. The van der Waals surface area contributed by atoms with Gasteiger partial charge in [-0.1, -0.05) is 38.5 Å². The first kappa shape index (κ1) is 11.0. The van der Waals surface area contributed by atoms with Crippen LogP contribution in [0.2, 0.25) is 0 Å². The summed E-state index contributed by atoms with van der Waals surface area (Å²) >= 11 is 0. The molecular formula is C15H18O. The number of phenols is 1. The van der Waals surface area contributed by atoms with Gasteiger partial charge in [0, 0.05) is 0 Å². The number of aryl methyl sites for hydroxylation is 2. The molecule has 0 atom stereocenters. The molecule has 1 heteroatoms. The van der Waals surface area contributed by atoms with E-state index >= 15 is 0 Å². The van der Waals surface area contributed by atoms with Crippen LogP contribution in [0.3, 0.4) is 0 Å². The Labute approximate surface area is 96.7 Å². The summed E-state index contributed by atoms with van der Waals surface area (Å²) in [6, 6.07) is 10.1. The molecule has 2 aromatic rings. The van der Waals surface area contributed by atoms with E-state index in [0.717, 1.165) is 24.6 Å². The second kappa shape index (κ2) is 4.56. The van der Waals surface area contributed by atoms with Crippen LogP contribution in [-0.2, 0) is 12.8 Å². The molecule has 1 nitrogen and oxygen atoms in total. The summed E-state index contributed by atoms with van der Waals surface area (Å²) in [4.78, 5) is 0. The highest BCUT2D eigenvalue weighted by Gasteiger charge is 2.06. The Morgan fingerprint density at radius 3 is 2.56 bits per heavy atom. The van der Waals surface area contributed by atoms with Gasteiger partial charge in [-0.05, 0) is 46.9 Å². The SMILES string of the molecule is CCCc1cc(O)cc2cccc(CC)c12. The van der Waals surface area contributed by atoms with Crippen molar-refractivity contribution in [1.82, 2.24) is 0 Å². The number of benzene rings is 2. The first-order chi connectivity index (χ1) is 7.76. The van der Waals surface area contributed by atoms with Crippen LogP contribution >= 0.6 is 0 Å². The number of hydrogen-bond acceptors (Lipinski definition) is 1. The minimum atomic E-state index is 0.379. The highest BCUT2D eigenvalue weighted by Crippen LogP contribution is 2.28. The predicted molar refractivity (Wildman–Crippen MR) is 69.0 cm³/mol. The quantitative estimate of drug-likeness (QED) is 0.816. The number of phenolic OH excluding ortho intramolecular Hbond substituents is 1. The average Bonchev–Trinajstić information content (AvgIpc) is 2.28. The Balaban J connectivity index is 2.74. The zero-order valence-electron chi connectivity index (χ0n) is 9.96. The summed E-state index contributed by atoms with van der Waals surface area (Å²) in [7, 11) is 0. The van der Waals surface area contributed by atoms with Crippen molar-refractivity contribution in [3.05, 3.63) is 41.5 Å². The lowest BCUT2D eigenvalue weighted by atomic mass is 9.95. The van der Waals surface area contributed by atoms with Gasteiger partial charge in [0.2, 0.25) is 0 Å². The first-order valence-electron chi connectivity index (χ1n) is 5.99. The molecule has 0 aliphatic carbocycles. The molecule has 0 amide bonds. The van der Waals surface area contributed by atoms with E-state index < -0.39 is 0 Å². The van der Waals surface area contributed by atoms with Crippen LogP contribution in [0.1, 0.15) is 31.4 Å². The van der Waals surface area contributed by atoms with Crippen molar-refractivity contribution in [3.8, 4) is 5.75 Å². The summed E-state index contributed by atoms with van der Waals surface area (Å²) in [6.07, 6.45) is 3.18. The van der Waals surface area contributed by atoms with E-state index in [-0.39, 0.29) is 0 Å². The van der Waals surface area contributed by atoms with Gasteiger partial charge in [-0.2, -0.15) is 0 Å². The Morgan fingerprint density at radius 2 is 1.88 bits per heavy atom. The fraction of sp³-hybridized carbons (Fsp3) is 0.333. The van der Waals surface area contributed by atoms with Crippen LogP contribution in [0, 0.1) is 0 Å². The molecule has 0 unspecified atom stereocenters. The third-order valence-corrected chi connectivity index (χ3v) is 3.03. The molecule has 84 valence electrons. The smallest absolute Gasteiger partial charge is 0.116 e. The molecule has 0 bridgehead atoms. The summed E-state index contributed by atoms with van der Waals surface area (Å²) in [5.41, 5.74) is 2.65. The van der Waals surface area contributed by atoms with E-state index in [1.54, 1.807) is 0 Å². The van der Waals surface area contributed by atoms with Crippen LogP contribution in [0.25, 0.3) is 10.8 Å². The van der Waals surface area contributed by atoms with Gasteiger partial charge < -0.3 is 5.11 Å². The second-order valence-corrected chi connectivity index (χ2v) is 4.22. The maximum Gasteiger partial charge on any atom is 0.116 e. The lowest BCUT2D eigenvalue weighted by Crippen LogP contribution is -1.91. The maximum atomic E-state index is 9.70. The lowest BCUT2D eigenvalue weighted by molar-refractivity contribution is 0.475. The highest BCUT2D eigenvalue weighted by molar-refractivity contribution is 5.90. The standard InChI is InChI=1S/C15H18O/c1-3-6-12-9-14(16)10-13-8-5-7-11(4-2)15(12)13/h5,7-10,16H,3-4,6H2,1-2H3. The Hall–Kier alpha value is -1.50. The third-order valence-electron chi connectivity index (χ3n) is 3.03. The largest absolute Gasteiger partial charge is 0.508 e. The predicted octanol–water partition coefficient (Wildman–Crippen LogP) is 4.06. The van der Waals surface area contributed by atoms with Crippen molar-refractivity contribution in [2.24, 2.45) is 0 Å². The molecule has 1 N–H and O–H groups in total. The van der Waals surface area contributed by atoms with Gasteiger partial charge in [-0.3, -0.25) is 0 Å². The van der Waals surface area contributed by atoms with Crippen LogP contribution in [0.4, 0.5) is 0 Å². The normalized spacial score (nSPS) is 10.9. The summed E-state index contributed by atoms with van der Waals surface area (Å²) in [5.74, 6) is 0.379. The Morgan fingerprint density at radius 1 is 1.06 bits per heavy atom. The minimum Gasteiger partial charge on any atom is -0.508 e. The molecular weight excluding hydrogens is 196 g/mol. The third kappa shape index (κ3) is 1.90. The van der Waals surface area contributed by atoms with Crippen LogP contribution in [0.15, 0.2) is 30.3 Å². The fourth-order valence-corrected chi connectivity index (χ4v) is 2.34. The number of fused-ring (bicyclic) bond motifs is 1. The molecule has 0 aromatic heterocycles. The van der Waals surface area contributed by atoms with Gasteiger partial charge in [-0.15, -0.1) is 0 Å². The van der Waals surface area contributed by atoms with Crippen LogP contribution < -0.4 is 0 Å². The van der Waals surface area contributed by atoms with Crippen LogP contribution in [0.5, 0.6) is 5.75 Å². The van der Waals surface area contributed by atoms with E-state index in [4.69, 9.17) is 0 Å². The van der Waals surface area contributed by atoms with Gasteiger partial charge in [0.05, 0.1) is 0 Å². The summed E-state index contributed by atoms with van der Waals surface area (Å²) < 4.78 is 0.